The van der Waals surface area contributed by atoms with Crippen molar-refractivity contribution in [1.82, 2.24) is 10.6 Å². The summed E-state index contributed by atoms with van der Waals surface area (Å²) >= 11 is 6.03. The summed E-state index contributed by atoms with van der Waals surface area (Å²) in [4.78, 5) is 23.2. The number of carbonyl (C=O) groups is 2. The smallest absolute Gasteiger partial charge is 0.335 e. The molecular weight excluding hydrogens is 517 g/mol. The van der Waals surface area contributed by atoms with E-state index in [4.69, 9.17) is 16.3 Å². The number of benzene rings is 3. The van der Waals surface area contributed by atoms with Gasteiger partial charge in [0.1, 0.15) is 11.5 Å². The second kappa shape index (κ2) is 12.8. The largest absolute Gasteiger partial charge is 0.478 e. The van der Waals surface area contributed by atoms with Crippen molar-refractivity contribution in [1.29, 1.82) is 0 Å². The number of amides is 2. The first-order chi connectivity index (χ1) is 17.3. The van der Waals surface area contributed by atoms with Crippen molar-refractivity contribution in [2.45, 2.75) is 31.4 Å². The van der Waals surface area contributed by atoms with Crippen LogP contribution in [0.3, 0.4) is 0 Å². The lowest BCUT2D eigenvalue weighted by Gasteiger charge is -2.27. The van der Waals surface area contributed by atoms with Gasteiger partial charge in [0, 0.05) is 36.4 Å². The first-order valence-corrected chi connectivity index (χ1v) is 12.0. The average Bonchev–Trinajstić information content (AvgIpc) is 2.86. The van der Waals surface area contributed by atoms with Gasteiger partial charge in [-0.3, -0.25) is 0 Å². The number of hydrogen-bond acceptors (Lipinski definition) is 5. The molecule has 3 aromatic rings. The number of carbonyl (C=O) groups excluding carboxylic acids is 1. The molecule has 0 heterocycles. The van der Waals surface area contributed by atoms with E-state index in [0.717, 1.165) is 30.4 Å². The molecule has 3 aromatic carbocycles. The summed E-state index contributed by atoms with van der Waals surface area (Å²) in [5.41, 5.74) is 3.45. The summed E-state index contributed by atoms with van der Waals surface area (Å²) in [6.07, 6.45) is 1.96. The Bertz CT molecular complexity index is 1270. The number of halogens is 2. The van der Waals surface area contributed by atoms with Crippen LogP contribution < -0.4 is 20.7 Å². The van der Waals surface area contributed by atoms with Crippen LogP contribution >= 0.6 is 24.0 Å². The number of urea groups is 1. The number of carboxylic acids is 1. The number of nitrogens with one attached hydrogen (secondary N) is 3. The van der Waals surface area contributed by atoms with Crippen molar-refractivity contribution in [3.05, 3.63) is 87.9 Å². The van der Waals surface area contributed by atoms with Crippen molar-refractivity contribution in [3.63, 3.8) is 0 Å². The Hall–Kier alpha value is -3.30. The fourth-order valence-corrected chi connectivity index (χ4v) is 4.46. The van der Waals surface area contributed by atoms with Crippen LogP contribution in [0.25, 0.3) is 0 Å². The number of fused-ring (bicyclic) bond motifs is 1. The van der Waals surface area contributed by atoms with Crippen LogP contribution in [0.15, 0.2) is 60.7 Å². The van der Waals surface area contributed by atoms with Crippen LogP contribution in [0.1, 0.15) is 39.6 Å². The van der Waals surface area contributed by atoms with Gasteiger partial charge < -0.3 is 30.9 Å². The summed E-state index contributed by atoms with van der Waals surface area (Å²) in [6, 6.07) is 17.1. The van der Waals surface area contributed by atoms with Crippen molar-refractivity contribution in [3.8, 4) is 11.5 Å². The van der Waals surface area contributed by atoms with Crippen LogP contribution in [-0.4, -0.2) is 41.8 Å². The number of ether oxygens (including phenoxy) is 1. The van der Waals surface area contributed by atoms with Crippen molar-refractivity contribution in [2.75, 3.05) is 18.9 Å². The molecule has 0 aliphatic heterocycles. The van der Waals surface area contributed by atoms with E-state index in [-0.39, 0.29) is 24.0 Å². The van der Waals surface area contributed by atoms with E-state index in [1.54, 1.807) is 18.2 Å². The van der Waals surface area contributed by atoms with E-state index >= 15 is 0 Å². The van der Waals surface area contributed by atoms with Crippen LogP contribution in [-0.2, 0) is 12.8 Å². The topological polar surface area (TPSA) is 120 Å². The first kappa shape index (κ1) is 28.3. The van der Waals surface area contributed by atoms with Crippen LogP contribution in [0.2, 0.25) is 5.02 Å². The molecule has 0 radical (unpaired) electrons. The van der Waals surface area contributed by atoms with E-state index in [0.29, 0.717) is 28.8 Å². The Kier molecular flexibility index (Phi) is 9.77. The summed E-state index contributed by atoms with van der Waals surface area (Å²) in [5, 5.41) is 29.0. The zero-order valence-electron chi connectivity index (χ0n) is 20.2. The number of aryl methyl sites for hydroxylation is 1. The van der Waals surface area contributed by atoms with Crippen molar-refractivity contribution < 1.29 is 24.5 Å². The summed E-state index contributed by atoms with van der Waals surface area (Å²) in [6.45, 7) is 0.416. The standard InChI is InChI=1S/C27H28ClN3O5.ClH/c1-29-27(35)31-22-11-19(26(33)34)13-24(14-22)36-23-8-6-16-5-7-21(10-18(16)12-23)30-15-25(32)17-3-2-4-20(28)9-17;/h2-4,6,8-9,11-14,21,25,30,32H,5,7,10,15H2,1H3,(H,33,34)(H2,29,31,35);1H/t21-,25+;/m0./s1. The lowest BCUT2D eigenvalue weighted by molar-refractivity contribution is 0.0696. The Morgan fingerprint density at radius 1 is 1.08 bits per heavy atom. The molecule has 0 aromatic heterocycles. The lowest BCUT2D eigenvalue weighted by Crippen LogP contribution is -2.37. The Labute approximate surface area is 226 Å². The zero-order chi connectivity index (χ0) is 25.7. The molecule has 0 fully saturated rings. The zero-order valence-corrected chi connectivity index (χ0v) is 21.7. The number of anilines is 1. The van der Waals surface area contributed by atoms with Crippen molar-refractivity contribution in [2.24, 2.45) is 0 Å². The molecular formula is C27H29Cl2N3O5. The van der Waals surface area contributed by atoms with E-state index in [9.17, 15) is 19.8 Å². The highest BCUT2D eigenvalue weighted by atomic mass is 35.5. The van der Waals surface area contributed by atoms with E-state index in [1.165, 1.54) is 24.7 Å². The fraction of sp³-hybridized carbons (Fsp3) is 0.259. The normalized spacial score (nSPS) is 15.1. The third-order valence-electron chi connectivity index (χ3n) is 6.11. The molecule has 4 rings (SSSR count). The maximum atomic E-state index is 11.7. The SMILES string of the molecule is CNC(=O)Nc1cc(Oc2ccc3c(c2)C[C@@H](NC[C@@H](O)c2cccc(Cl)c2)CC3)cc(C(=O)O)c1.Cl. The predicted molar refractivity (Wildman–Crippen MR) is 145 cm³/mol. The van der Waals surface area contributed by atoms with Crippen molar-refractivity contribution >= 4 is 41.7 Å². The second-order valence-electron chi connectivity index (χ2n) is 8.71. The Balaban J connectivity index is 0.00000380. The minimum Gasteiger partial charge on any atom is -0.478 e. The van der Waals surface area contributed by atoms with Gasteiger partial charge in [-0.05, 0) is 72.4 Å². The second-order valence-corrected chi connectivity index (χ2v) is 9.14. The number of aromatic carboxylic acids is 1. The monoisotopic (exact) mass is 545 g/mol. The van der Waals surface area contributed by atoms with Gasteiger partial charge in [-0.1, -0.05) is 29.8 Å². The molecule has 0 bridgehead atoms. The molecule has 10 heteroatoms. The van der Waals surface area contributed by atoms with Gasteiger partial charge in [0.25, 0.3) is 0 Å². The van der Waals surface area contributed by atoms with Crippen LogP contribution in [0.4, 0.5) is 10.5 Å². The van der Waals surface area contributed by atoms with Gasteiger partial charge in [0.15, 0.2) is 0 Å². The highest BCUT2D eigenvalue weighted by Crippen LogP contribution is 2.31. The summed E-state index contributed by atoms with van der Waals surface area (Å²) in [5.74, 6) is -0.252. The average molecular weight is 546 g/mol. The van der Waals surface area contributed by atoms with E-state index in [1.807, 2.05) is 30.3 Å². The molecule has 37 heavy (non-hydrogen) atoms. The molecule has 0 saturated carbocycles. The molecule has 196 valence electrons. The Morgan fingerprint density at radius 3 is 2.62 bits per heavy atom. The first-order valence-electron chi connectivity index (χ1n) is 11.6. The number of carboxylic acid groups (broad SMARTS) is 1. The molecule has 2 amide bonds. The molecule has 2 atom stereocenters. The summed E-state index contributed by atoms with van der Waals surface area (Å²) < 4.78 is 5.99. The highest BCUT2D eigenvalue weighted by Gasteiger charge is 2.20. The molecule has 1 aliphatic carbocycles. The molecule has 0 saturated heterocycles. The van der Waals surface area contributed by atoms with Gasteiger partial charge in [-0.25, -0.2) is 9.59 Å². The minimum absolute atomic E-state index is 0. The summed E-state index contributed by atoms with van der Waals surface area (Å²) in [7, 11) is 1.47. The number of rotatable bonds is 8. The third kappa shape index (κ3) is 7.60. The maximum absolute atomic E-state index is 11.7. The molecule has 8 nitrogen and oxygen atoms in total. The third-order valence-corrected chi connectivity index (χ3v) is 6.35. The molecule has 0 unspecified atom stereocenters. The number of aliphatic hydroxyl groups excluding tert-OH is 1. The van der Waals surface area contributed by atoms with Gasteiger partial charge in [0.2, 0.25) is 0 Å². The lowest BCUT2D eigenvalue weighted by atomic mass is 9.88. The number of hydrogen-bond donors (Lipinski definition) is 5. The highest BCUT2D eigenvalue weighted by molar-refractivity contribution is 6.30. The molecule has 1 aliphatic rings. The van der Waals surface area contributed by atoms with Crippen LogP contribution in [0, 0.1) is 0 Å². The van der Waals surface area contributed by atoms with Gasteiger partial charge in [0.05, 0.1) is 11.7 Å². The van der Waals surface area contributed by atoms with Gasteiger partial charge in [-0.2, -0.15) is 0 Å². The molecule has 0 spiro atoms. The Morgan fingerprint density at radius 2 is 1.89 bits per heavy atom. The van der Waals surface area contributed by atoms with E-state index < -0.39 is 18.1 Å². The van der Waals surface area contributed by atoms with Gasteiger partial charge in [-0.15, -0.1) is 12.4 Å². The molecule has 5 N–H and O–H groups in total. The quantitative estimate of drug-likeness (QED) is 0.266. The van der Waals surface area contributed by atoms with Gasteiger partial charge >= 0.3 is 12.0 Å². The van der Waals surface area contributed by atoms with Crippen LogP contribution in [0.5, 0.6) is 11.5 Å². The predicted octanol–water partition coefficient (Wildman–Crippen LogP) is 5.18. The fourth-order valence-electron chi connectivity index (χ4n) is 4.26. The number of aliphatic hydroxyl groups is 1. The minimum atomic E-state index is -1.13. The van der Waals surface area contributed by atoms with E-state index in [2.05, 4.69) is 16.0 Å². The maximum Gasteiger partial charge on any atom is 0.335 e.